The van der Waals surface area contributed by atoms with Gasteiger partial charge in [-0.1, -0.05) is 216 Å². The minimum Gasteiger partial charge on any atom is -0.394 e. The van der Waals surface area contributed by atoms with Crippen molar-refractivity contribution in [1.29, 1.82) is 0 Å². The predicted molar refractivity (Wildman–Crippen MR) is 342 cm³/mol. The molecule has 0 aromatic carbocycles. The fourth-order valence-electron chi connectivity index (χ4n) is 11.4. The van der Waals surface area contributed by atoms with Gasteiger partial charge in [-0.25, -0.2) is 0 Å². The molecule has 19 nitrogen and oxygen atoms in total. The summed E-state index contributed by atoms with van der Waals surface area (Å²) in [5.74, 6) is -0.290. The Hall–Kier alpha value is -2.51. The van der Waals surface area contributed by atoms with Crippen molar-refractivity contribution in [1.82, 2.24) is 5.32 Å². The topological polar surface area (TPSA) is 307 Å². The number of nitrogens with one attached hydrogen (secondary N) is 1. The van der Waals surface area contributed by atoms with E-state index in [2.05, 4.69) is 67.8 Å². The number of aliphatic hydroxyl groups excluding tert-OH is 11. The number of unbranched alkanes of at least 4 members (excludes halogenated alkanes) is 28. The number of carbonyl (C=O) groups excluding carboxylic acids is 1. The van der Waals surface area contributed by atoms with Crippen molar-refractivity contribution in [3.8, 4) is 0 Å². The van der Waals surface area contributed by atoms with Crippen LogP contribution < -0.4 is 5.32 Å². The van der Waals surface area contributed by atoms with Crippen LogP contribution >= 0.6 is 0 Å². The van der Waals surface area contributed by atoms with E-state index < -0.39 is 124 Å². The first-order valence-corrected chi connectivity index (χ1v) is 34.5. The first-order chi connectivity index (χ1) is 42.8. The van der Waals surface area contributed by atoms with Gasteiger partial charge in [-0.3, -0.25) is 4.79 Å². The first kappa shape index (κ1) is 79.7. The van der Waals surface area contributed by atoms with E-state index >= 15 is 0 Å². The smallest absolute Gasteiger partial charge is 0.220 e. The van der Waals surface area contributed by atoms with E-state index in [0.29, 0.717) is 12.8 Å². The molecule has 512 valence electrons. The van der Waals surface area contributed by atoms with Gasteiger partial charge in [-0.05, 0) is 77.0 Å². The van der Waals surface area contributed by atoms with Crippen LogP contribution in [0.2, 0.25) is 0 Å². The Labute approximate surface area is 528 Å². The second kappa shape index (κ2) is 51.0. The maximum atomic E-state index is 13.4. The number of carbonyl (C=O) groups is 1. The van der Waals surface area contributed by atoms with Crippen LogP contribution in [0.5, 0.6) is 0 Å². The Morgan fingerprint density at radius 1 is 0.409 bits per heavy atom. The Balaban J connectivity index is 1.40. The molecule has 3 saturated heterocycles. The minimum atomic E-state index is -1.98. The van der Waals surface area contributed by atoms with Crippen LogP contribution in [0.15, 0.2) is 60.8 Å². The van der Waals surface area contributed by atoms with Crippen molar-refractivity contribution < 1.29 is 89.4 Å². The second-order valence-corrected chi connectivity index (χ2v) is 24.6. The molecule has 3 heterocycles. The normalized spacial score (nSPS) is 28.8. The van der Waals surface area contributed by atoms with Gasteiger partial charge in [-0.15, -0.1) is 0 Å². The number of ether oxygens (including phenoxy) is 6. The molecule has 0 bridgehead atoms. The number of hydrogen-bond donors (Lipinski definition) is 12. The summed E-state index contributed by atoms with van der Waals surface area (Å²) in [6.45, 7) is 1.67. The fraction of sp³-hybridized carbons (Fsp3) is 0.841. The number of amides is 1. The summed E-state index contributed by atoms with van der Waals surface area (Å²) in [6, 6.07) is -0.997. The van der Waals surface area contributed by atoms with Crippen molar-refractivity contribution >= 4 is 5.91 Å². The number of rotatable bonds is 52. The Bertz CT molecular complexity index is 1830. The van der Waals surface area contributed by atoms with Gasteiger partial charge in [0, 0.05) is 6.42 Å². The van der Waals surface area contributed by atoms with Crippen molar-refractivity contribution in [3.63, 3.8) is 0 Å². The van der Waals surface area contributed by atoms with E-state index in [1.165, 1.54) is 154 Å². The van der Waals surface area contributed by atoms with E-state index in [0.717, 1.165) is 51.4 Å². The summed E-state index contributed by atoms with van der Waals surface area (Å²) < 4.78 is 34.3. The van der Waals surface area contributed by atoms with Gasteiger partial charge in [0.1, 0.15) is 73.2 Å². The SMILES string of the molecule is CCCCCC/C=C/CC/C=C/CC/C=C/C(O)C(COC1OC(CO)C(OC2OC(CO)C(OC3OC(CO)C(O)C(O)C3O)C(O)C2O)C(O)C1O)NC(=O)CCCCCCCCCCCCCCCCCCC/C=C\C/C=C\CCCCCCC. The summed E-state index contributed by atoms with van der Waals surface area (Å²) in [6.07, 6.45) is 35.0. The zero-order valence-electron chi connectivity index (χ0n) is 53.9. The van der Waals surface area contributed by atoms with Gasteiger partial charge in [-0.2, -0.15) is 0 Å². The molecule has 0 saturated carbocycles. The van der Waals surface area contributed by atoms with Gasteiger partial charge in [0.05, 0.1) is 38.6 Å². The Morgan fingerprint density at radius 3 is 1.22 bits per heavy atom. The van der Waals surface area contributed by atoms with E-state index in [9.17, 15) is 61.0 Å². The summed E-state index contributed by atoms with van der Waals surface area (Å²) in [4.78, 5) is 13.4. The average Bonchev–Trinajstić information content (AvgIpc) is 2.58. The van der Waals surface area contributed by atoms with E-state index in [4.69, 9.17) is 28.4 Å². The molecule has 3 fully saturated rings. The van der Waals surface area contributed by atoms with E-state index in [1.54, 1.807) is 6.08 Å². The maximum absolute atomic E-state index is 13.4. The molecule has 3 aliphatic rings. The molecule has 0 aromatic rings. The highest BCUT2D eigenvalue weighted by Crippen LogP contribution is 2.33. The van der Waals surface area contributed by atoms with Crippen LogP contribution in [0.3, 0.4) is 0 Å². The summed E-state index contributed by atoms with van der Waals surface area (Å²) >= 11 is 0. The lowest BCUT2D eigenvalue weighted by atomic mass is 9.96. The predicted octanol–water partition coefficient (Wildman–Crippen LogP) is 8.77. The van der Waals surface area contributed by atoms with Gasteiger partial charge in [0.15, 0.2) is 18.9 Å². The molecule has 0 spiro atoms. The fourth-order valence-corrected chi connectivity index (χ4v) is 11.4. The molecular formula is C69H123NO18. The van der Waals surface area contributed by atoms with Gasteiger partial charge in [0.2, 0.25) is 5.91 Å². The lowest BCUT2D eigenvalue weighted by Crippen LogP contribution is -2.66. The first-order valence-electron chi connectivity index (χ1n) is 34.5. The number of allylic oxidation sites excluding steroid dienone is 9. The maximum Gasteiger partial charge on any atom is 0.220 e. The molecule has 88 heavy (non-hydrogen) atoms. The average molecular weight is 1250 g/mol. The Morgan fingerprint density at radius 2 is 0.761 bits per heavy atom. The standard InChI is InChI=1S/C69H123NO18/c1-3-5-7-9-11-13-15-17-19-20-21-22-23-24-25-26-27-28-29-30-31-32-33-35-37-39-41-43-45-47-57(75)70-52(53(74)46-44-42-40-38-36-34-18-16-14-12-10-8-6-4-2)51-83-67-63(81)60(78)65(55(49-72)85-67)88-69-64(82)61(79)66(56(50-73)86-69)87-68-62(80)59(77)58(76)54(48-71)84-68/h14-17,20-21,36,38,44,46,52-56,58-69,71-74,76-82H,3-13,18-19,22-35,37,39-43,45,47-51H2,1-2H3,(H,70,75)/b16-14+,17-15-,21-20-,38-36+,46-44+. The van der Waals surface area contributed by atoms with Crippen molar-refractivity contribution in [2.75, 3.05) is 26.4 Å². The third kappa shape index (κ3) is 32.9. The molecule has 12 N–H and O–H groups in total. The lowest BCUT2D eigenvalue weighted by molar-refractivity contribution is -0.379. The lowest BCUT2D eigenvalue weighted by Gasteiger charge is -2.48. The Kier molecular flexibility index (Phi) is 46.2. The highest BCUT2D eigenvalue weighted by atomic mass is 16.8. The second-order valence-electron chi connectivity index (χ2n) is 24.6. The largest absolute Gasteiger partial charge is 0.394 e. The van der Waals surface area contributed by atoms with Gasteiger partial charge >= 0.3 is 0 Å². The zero-order chi connectivity index (χ0) is 64.0. The summed E-state index contributed by atoms with van der Waals surface area (Å²) in [5, 5.41) is 120. The molecule has 0 aliphatic carbocycles. The van der Waals surface area contributed by atoms with Gasteiger partial charge in [0.25, 0.3) is 0 Å². The molecule has 17 atom stereocenters. The summed E-state index contributed by atoms with van der Waals surface area (Å²) in [7, 11) is 0. The molecule has 0 radical (unpaired) electrons. The van der Waals surface area contributed by atoms with Crippen molar-refractivity contribution in [2.24, 2.45) is 0 Å². The van der Waals surface area contributed by atoms with E-state index in [-0.39, 0.29) is 18.9 Å². The zero-order valence-corrected chi connectivity index (χ0v) is 53.9. The highest BCUT2D eigenvalue weighted by Gasteiger charge is 2.53. The van der Waals surface area contributed by atoms with Gasteiger partial charge < -0.3 is 89.9 Å². The van der Waals surface area contributed by atoms with E-state index in [1.807, 2.05) is 6.08 Å². The quantitative estimate of drug-likeness (QED) is 0.0200. The van der Waals surface area contributed by atoms with Crippen LogP contribution in [0, 0.1) is 0 Å². The van der Waals surface area contributed by atoms with Crippen LogP contribution in [0.25, 0.3) is 0 Å². The number of aliphatic hydroxyl groups is 11. The molecule has 0 aromatic heterocycles. The third-order valence-electron chi connectivity index (χ3n) is 17.0. The molecule has 3 rings (SSSR count). The molecule has 3 aliphatic heterocycles. The van der Waals surface area contributed by atoms with Crippen molar-refractivity contribution in [3.05, 3.63) is 60.8 Å². The molecule has 19 heteroatoms. The molecule has 1 amide bonds. The minimum absolute atomic E-state index is 0.232. The van der Waals surface area contributed by atoms with Crippen LogP contribution in [-0.2, 0) is 33.2 Å². The van der Waals surface area contributed by atoms with Crippen LogP contribution in [-0.4, -0.2) is 193 Å². The molecular weight excluding hydrogens is 1130 g/mol. The molecule has 17 unspecified atom stereocenters. The van der Waals surface area contributed by atoms with Crippen molar-refractivity contribution in [2.45, 2.75) is 343 Å². The third-order valence-corrected chi connectivity index (χ3v) is 17.0. The highest BCUT2D eigenvalue weighted by molar-refractivity contribution is 5.76. The van der Waals surface area contributed by atoms with Crippen LogP contribution in [0.4, 0.5) is 0 Å². The monoisotopic (exact) mass is 1250 g/mol. The summed E-state index contributed by atoms with van der Waals surface area (Å²) in [5.41, 5.74) is 0. The van der Waals surface area contributed by atoms with Crippen LogP contribution in [0.1, 0.15) is 239 Å². The number of hydrogen-bond acceptors (Lipinski definition) is 18.